The lowest BCUT2D eigenvalue weighted by molar-refractivity contribution is -0.113. The van der Waals surface area contributed by atoms with E-state index in [0.29, 0.717) is 28.1 Å². The molecule has 2 heterocycles. The molecular formula is C24H19N3O4S. The van der Waals surface area contributed by atoms with Gasteiger partial charge in [-0.25, -0.2) is 0 Å². The Balaban J connectivity index is 1.31. The molecule has 3 aromatic carbocycles. The molecular weight excluding hydrogens is 426 g/mol. The molecule has 0 spiro atoms. The molecule has 1 N–H and O–H groups in total. The van der Waals surface area contributed by atoms with Crippen LogP contribution >= 0.6 is 11.8 Å². The summed E-state index contributed by atoms with van der Waals surface area (Å²) in [6.07, 6.45) is 0. The zero-order valence-corrected chi connectivity index (χ0v) is 18.2. The van der Waals surface area contributed by atoms with E-state index < -0.39 is 0 Å². The van der Waals surface area contributed by atoms with E-state index in [4.69, 9.17) is 13.6 Å². The van der Waals surface area contributed by atoms with Gasteiger partial charge in [-0.3, -0.25) is 4.79 Å². The van der Waals surface area contributed by atoms with Gasteiger partial charge in [-0.1, -0.05) is 48.2 Å². The number of furan rings is 1. The van der Waals surface area contributed by atoms with Crippen LogP contribution in [0.25, 0.3) is 33.4 Å². The van der Waals surface area contributed by atoms with E-state index in [0.717, 1.165) is 27.5 Å². The standard InChI is InChI=1S/C24H19N3O4S/c1-14-7-3-4-8-15(14)23-26-27-24(31-23)32-13-22(28)25-18-12-20-17(11-21(18)29-2)16-9-5-6-10-19(16)30-20/h3-12H,13H2,1-2H3,(H,25,28). The second-order valence-electron chi connectivity index (χ2n) is 7.17. The van der Waals surface area contributed by atoms with Crippen molar-refractivity contribution in [3.8, 4) is 17.2 Å². The zero-order chi connectivity index (χ0) is 22.1. The number of ether oxygens (including phenoxy) is 1. The molecule has 0 fully saturated rings. The first-order valence-corrected chi connectivity index (χ1v) is 10.9. The highest BCUT2D eigenvalue weighted by atomic mass is 32.2. The second-order valence-corrected chi connectivity index (χ2v) is 8.10. The Kier molecular flexibility index (Phi) is 5.28. The van der Waals surface area contributed by atoms with Crippen LogP contribution < -0.4 is 10.1 Å². The number of aromatic nitrogens is 2. The van der Waals surface area contributed by atoms with Gasteiger partial charge in [0.1, 0.15) is 16.9 Å². The maximum atomic E-state index is 12.6. The van der Waals surface area contributed by atoms with Gasteiger partial charge in [-0.2, -0.15) is 0 Å². The lowest BCUT2D eigenvalue weighted by Gasteiger charge is -2.09. The average molecular weight is 446 g/mol. The number of benzene rings is 3. The maximum Gasteiger partial charge on any atom is 0.277 e. The summed E-state index contributed by atoms with van der Waals surface area (Å²) in [5.74, 6) is 0.876. The van der Waals surface area contributed by atoms with Gasteiger partial charge >= 0.3 is 0 Å². The number of hydrogen-bond acceptors (Lipinski definition) is 7. The van der Waals surface area contributed by atoms with Crippen molar-refractivity contribution in [3.63, 3.8) is 0 Å². The first-order chi connectivity index (χ1) is 15.6. The van der Waals surface area contributed by atoms with E-state index in [2.05, 4.69) is 15.5 Å². The predicted octanol–water partition coefficient (Wildman–Crippen LogP) is 5.68. The monoisotopic (exact) mass is 445 g/mol. The highest BCUT2D eigenvalue weighted by Gasteiger charge is 2.16. The molecule has 0 saturated carbocycles. The normalized spacial score (nSPS) is 11.2. The summed E-state index contributed by atoms with van der Waals surface area (Å²) in [5, 5.41) is 13.3. The number of para-hydroxylation sites is 1. The van der Waals surface area contributed by atoms with Gasteiger partial charge in [0.15, 0.2) is 0 Å². The Morgan fingerprint density at radius 1 is 1.00 bits per heavy atom. The summed E-state index contributed by atoms with van der Waals surface area (Å²) in [5.41, 5.74) is 3.91. The topological polar surface area (TPSA) is 90.4 Å². The smallest absolute Gasteiger partial charge is 0.277 e. The fraction of sp³-hybridized carbons (Fsp3) is 0.125. The minimum absolute atomic E-state index is 0.108. The quantitative estimate of drug-likeness (QED) is 0.336. The number of rotatable bonds is 6. The molecule has 0 bridgehead atoms. The maximum absolute atomic E-state index is 12.6. The summed E-state index contributed by atoms with van der Waals surface area (Å²) in [4.78, 5) is 12.6. The molecule has 0 atom stereocenters. The van der Waals surface area contributed by atoms with Crippen molar-refractivity contribution < 1.29 is 18.4 Å². The Hall–Kier alpha value is -3.78. The third-order valence-corrected chi connectivity index (χ3v) is 5.90. The van der Waals surface area contributed by atoms with E-state index in [-0.39, 0.29) is 11.7 Å². The second kappa shape index (κ2) is 8.39. The molecule has 2 aromatic heterocycles. The highest BCUT2D eigenvalue weighted by molar-refractivity contribution is 7.99. The SMILES string of the molecule is COc1cc2c(cc1NC(=O)CSc1nnc(-c3ccccc3C)o1)oc1ccccc12. The molecule has 5 aromatic rings. The molecule has 0 aliphatic heterocycles. The molecule has 0 unspecified atom stereocenters. The van der Waals surface area contributed by atoms with Crippen molar-refractivity contribution in [2.45, 2.75) is 12.1 Å². The largest absolute Gasteiger partial charge is 0.495 e. The summed E-state index contributed by atoms with van der Waals surface area (Å²) >= 11 is 1.17. The molecule has 0 saturated heterocycles. The summed E-state index contributed by atoms with van der Waals surface area (Å²) in [6.45, 7) is 1.98. The van der Waals surface area contributed by atoms with Crippen LogP contribution in [-0.4, -0.2) is 29.0 Å². The number of methoxy groups -OCH3 is 1. The average Bonchev–Trinajstić information content (AvgIpc) is 3.41. The van der Waals surface area contributed by atoms with Crippen LogP contribution in [0.3, 0.4) is 0 Å². The number of hydrogen-bond donors (Lipinski definition) is 1. The van der Waals surface area contributed by atoms with E-state index in [1.807, 2.05) is 61.5 Å². The third-order valence-electron chi connectivity index (χ3n) is 5.08. The Morgan fingerprint density at radius 2 is 1.81 bits per heavy atom. The van der Waals surface area contributed by atoms with Crippen LogP contribution in [0.1, 0.15) is 5.56 Å². The van der Waals surface area contributed by atoms with E-state index >= 15 is 0 Å². The first-order valence-electron chi connectivity index (χ1n) is 9.94. The number of thioether (sulfide) groups is 1. The lowest BCUT2D eigenvalue weighted by Crippen LogP contribution is -2.14. The van der Waals surface area contributed by atoms with Crippen LogP contribution in [0.4, 0.5) is 5.69 Å². The van der Waals surface area contributed by atoms with Crippen molar-refractivity contribution in [2.24, 2.45) is 0 Å². The van der Waals surface area contributed by atoms with Gasteiger partial charge in [-0.15, -0.1) is 10.2 Å². The first kappa shape index (κ1) is 20.1. The van der Waals surface area contributed by atoms with Crippen LogP contribution in [0, 0.1) is 6.92 Å². The highest BCUT2D eigenvalue weighted by Crippen LogP contribution is 2.36. The van der Waals surface area contributed by atoms with Crippen LogP contribution in [0.2, 0.25) is 0 Å². The van der Waals surface area contributed by atoms with E-state index in [1.165, 1.54) is 11.8 Å². The summed E-state index contributed by atoms with van der Waals surface area (Å²) in [6, 6.07) is 19.2. The van der Waals surface area contributed by atoms with Crippen LogP contribution in [0.15, 0.2) is 74.7 Å². The molecule has 0 aliphatic carbocycles. The molecule has 7 nitrogen and oxygen atoms in total. The molecule has 0 radical (unpaired) electrons. The van der Waals surface area contributed by atoms with Gasteiger partial charge in [0.05, 0.1) is 18.6 Å². The van der Waals surface area contributed by atoms with E-state index in [9.17, 15) is 4.79 Å². The number of anilines is 1. The van der Waals surface area contributed by atoms with Crippen LogP contribution in [0.5, 0.6) is 5.75 Å². The van der Waals surface area contributed by atoms with Crippen molar-refractivity contribution in [2.75, 3.05) is 18.2 Å². The summed E-state index contributed by atoms with van der Waals surface area (Å²) in [7, 11) is 1.57. The Bertz CT molecular complexity index is 1440. The van der Waals surface area contributed by atoms with Gasteiger partial charge in [-0.05, 0) is 30.7 Å². The van der Waals surface area contributed by atoms with Gasteiger partial charge in [0.2, 0.25) is 11.8 Å². The Morgan fingerprint density at radius 3 is 2.66 bits per heavy atom. The fourth-order valence-electron chi connectivity index (χ4n) is 3.52. The molecule has 8 heteroatoms. The lowest BCUT2D eigenvalue weighted by atomic mass is 10.1. The minimum atomic E-state index is -0.223. The number of nitrogens with one attached hydrogen (secondary N) is 1. The number of carbonyl (C=O) groups is 1. The minimum Gasteiger partial charge on any atom is -0.495 e. The van der Waals surface area contributed by atoms with Crippen molar-refractivity contribution >= 4 is 45.3 Å². The number of nitrogens with zero attached hydrogens (tertiary/aromatic N) is 2. The molecule has 32 heavy (non-hydrogen) atoms. The molecule has 5 rings (SSSR count). The van der Waals surface area contributed by atoms with Crippen LogP contribution in [-0.2, 0) is 4.79 Å². The van der Waals surface area contributed by atoms with Crippen molar-refractivity contribution in [1.29, 1.82) is 0 Å². The summed E-state index contributed by atoms with van der Waals surface area (Å²) < 4.78 is 17.1. The number of amides is 1. The molecule has 160 valence electrons. The molecule has 0 aliphatic rings. The van der Waals surface area contributed by atoms with Gasteiger partial charge in [0.25, 0.3) is 5.22 Å². The van der Waals surface area contributed by atoms with E-state index in [1.54, 1.807) is 13.2 Å². The Labute approximate surface area is 187 Å². The van der Waals surface area contributed by atoms with Crippen molar-refractivity contribution in [3.05, 3.63) is 66.2 Å². The number of carbonyl (C=O) groups excluding carboxylic acids is 1. The van der Waals surface area contributed by atoms with Gasteiger partial charge < -0.3 is 18.9 Å². The fourth-order valence-corrected chi connectivity index (χ4v) is 4.08. The third kappa shape index (κ3) is 3.80. The number of fused-ring (bicyclic) bond motifs is 3. The zero-order valence-electron chi connectivity index (χ0n) is 17.4. The van der Waals surface area contributed by atoms with Gasteiger partial charge in [0, 0.05) is 22.4 Å². The number of aryl methyl sites for hydroxylation is 1. The molecule has 1 amide bonds. The predicted molar refractivity (Wildman–Crippen MR) is 124 cm³/mol. The van der Waals surface area contributed by atoms with Crippen molar-refractivity contribution in [1.82, 2.24) is 10.2 Å².